The third kappa shape index (κ3) is 17.2. The summed E-state index contributed by atoms with van der Waals surface area (Å²) in [5.74, 6) is 0.656. The SMILES string of the molecule is C=CC(=O)OCCCCCCOC1=CC=C(OC(=O)C2CCC(C(=O)OC3=CC=C(OC(=O)C4CCC(C(=O)Oc5ccc(OCCCCCCOC(=O)C=C)cc5)CC4)C4NC(C5=CC6C=CC(C)=CC6O5)SC34)CC2)CC1. The van der Waals surface area contributed by atoms with Gasteiger partial charge in [0.1, 0.15) is 46.0 Å². The van der Waals surface area contributed by atoms with Crippen LogP contribution in [0.3, 0.4) is 0 Å². The molecule has 0 bridgehead atoms. The van der Waals surface area contributed by atoms with Crippen LogP contribution in [0.5, 0.6) is 11.5 Å². The van der Waals surface area contributed by atoms with E-state index in [4.69, 9.17) is 42.6 Å². The number of fused-ring (bicyclic) bond motifs is 2. The van der Waals surface area contributed by atoms with E-state index >= 15 is 0 Å². The fourth-order valence-electron chi connectivity index (χ4n) is 10.6. The van der Waals surface area contributed by atoms with E-state index in [1.807, 2.05) is 13.0 Å². The molecule has 79 heavy (non-hydrogen) atoms. The molecule has 2 aliphatic heterocycles. The van der Waals surface area contributed by atoms with Crippen molar-refractivity contribution in [2.45, 2.75) is 145 Å². The second kappa shape index (κ2) is 29.6. The summed E-state index contributed by atoms with van der Waals surface area (Å²) in [6, 6.07) is 6.47. The predicted molar refractivity (Wildman–Crippen MR) is 295 cm³/mol. The van der Waals surface area contributed by atoms with Crippen molar-refractivity contribution in [2.75, 3.05) is 26.4 Å². The number of allylic oxidation sites excluding steroid dienone is 8. The number of thioether (sulfide) groups is 1. The van der Waals surface area contributed by atoms with Crippen LogP contribution in [0.2, 0.25) is 0 Å². The third-order valence-corrected chi connectivity index (χ3v) is 16.7. The maximum absolute atomic E-state index is 13.9. The summed E-state index contributed by atoms with van der Waals surface area (Å²) < 4.78 is 52.2. The van der Waals surface area contributed by atoms with Gasteiger partial charge in [-0.2, -0.15) is 0 Å². The molecule has 1 N–H and O–H groups in total. The molecule has 2 heterocycles. The smallest absolute Gasteiger partial charge is 0.330 e. The van der Waals surface area contributed by atoms with E-state index in [2.05, 4.69) is 42.8 Å². The normalized spacial score (nSPS) is 25.8. The van der Waals surface area contributed by atoms with Crippen LogP contribution in [0, 0.1) is 29.6 Å². The van der Waals surface area contributed by atoms with Gasteiger partial charge in [-0.25, -0.2) is 9.59 Å². The maximum atomic E-state index is 13.9. The van der Waals surface area contributed by atoms with Gasteiger partial charge in [0.25, 0.3) is 0 Å². The molecule has 7 aliphatic rings. The minimum atomic E-state index is -0.503. The first kappa shape index (κ1) is 58.6. The summed E-state index contributed by atoms with van der Waals surface area (Å²) in [5.41, 5.74) is 1.13. The number of carbonyl (C=O) groups excluding carboxylic acids is 6. The molecule has 17 heteroatoms. The molecule has 1 aromatic carbocycles. The first-order valence-electron chi connectivity index (χ1n) is 28.2. The molecule has 1 saturated heterocycles. The fraction of sp³-hybridized carbons (Fsp3) is 0.516. The van der Waals surface area contributed by atoms with Gasteiger partial charge in [0.05, 0.1) is 67.2 Å². The Kier molecular flexibility index (Phi) is 21.9. The van der Waals surface area contributed by atoms with Crippen molar-refractivity contribution in [2.24, 2.45) is 29.6 Å². The van der Waals surface area contributed by atoms with Crippen LogP contribution in [-0.2, 0) is 61.9 Å². The van der Waals surface area contributed by atoms with Gasteiger partial charge in [0.15, 0.2) is 0 Å². The van der Waals surface area contributed by atoms with Crippen molar-refractivity contribution >= 4 is 47.6 Å². The monoisotopic (exact) mass is 1110 g/mol. The zero-order valence-corrected chi connectivity index (χ0v) is 46.1. The van der Waals surface area contributed by atoms with E-state index < -0.39 is 35.1 Å². The Balaban J connectivity index is 0.783. The lowest BCUT2D eigenvalue weighted by Crippen LogP contribution is -2.41. The van der Waals surface area contributed by atoms with E-state index in [-0.39, 0.29) is 53.1 Å². The molecule has 2 saturated carbocycles. The average molecular weight is 1110 g/mol. The Morgan fingerprint density at radius 2 is 1.08 bits per heavy atom. The van der Waals surface area contributed by atoms with Crippen LogP contribution in [0.1, 0.15) is 122 Å². The largest absolute Gasteiger partial charge is 0.498 e. The molecule has 0 spiro atoms. The van der Waals surface area contributed by atoms with Gasteiger partial charge in [-0.1, -0.05) is 30.9 Å². The molecule has 16 nitrogen and oxygen atoms in total. The summed E-state index contributed by atoms with van der Waals surface area (Å²) in [5, 5.41) is 2.92. The van der Waals surface area contributed by atoms with Gasteiger partial charge >= 0.3 is 35.8 Å². The number of hydrogen-bond acceptors (Lipinski definition) is 17. The van der Waals surface area contributed by atoms with Gasteiger partial charge in [-0.15, -0.1) is 11.8 Å². The van der Waals surface area contributed by atoms with Crippen molar-refractivity contribution in [3.63, 3.8) is 0 Å². The molecule has 1 aromatic rings. The van der Waals surface area contributed by atoms with Crippen molar-refractivity contribution in [3.05, 3.63) is 133 Å². The number of nitrogens with one attached hydrogen (secondary N) is 1. The highest BCUT2D eigenvalue weighted by molar-refractivity contribution is 8.01. The summed E-state index contributed by atoms with van der Waals surface area (Å²) in [7, 11) is 0. The quantitative estimate of drug-likeness (QED) is 0.0287. The lowest BCUT2D eigenvalue weighted by molar-refractivity contribution is -0.151. The summed E-state index contributed by atoms with van der Waals surface area (Å²) >= 11 is 1.55. The Morgan fingerprint density at radius 1 is 0.582 bits per heavy atom. The first-order valence-corrected chi connectivity index (χ1v) is 29.2. The molecule has 5 atom stereocenters. The second-order valence-corrected chi connectivity index (χ2v) is 22.3. The number of unbranched alkanes of at least 4 members (excludes halogenated alkanes) is 6. The van der Waals surface area contributed by atoms with Crippen molar-refractivity contribution in [1.29, 1.82) is 0 Å². The lowest BCUT2D eigenvalue weighted by atomic mass is 9.82. The van der Waals surface area contributed by atoms with Gasteiger partial charge < -0.3 is 42.6 Å². The van der Waals surface area contributed by atoms with Crippen LogP contribution in [-0.4, -0.2) is 85.0 Å². The number of carbonyl (C=O) groups is 6. The van der Waals surface area contributed by atoms with E-state index in [0.29, 0.717) is 119 Å². The van der Waals surface area contributed by atoms with E-state index in [1.54, 1.807) is 54.3 Å². The molecular weight excluding hydrogens is 1030 g/mol. The van der Waals surface area contributed by atoms with Gasteiger partial charge in [0, 0.05) is 30.9 Å². The highest BCUT2D eigenvalue weighted by Gasteiger charge is 2.48. The Bertz CT molecular complexity index is 2590. The van der Waals surface area contributed by atoms with Crippen LogP contribution in [0.4, 0.5) is 0 Å². The Labute approximate surface area is 467 Å². The molecule has 0 aromatic heterocycles. The van der Waals surface area contributed by atoms with E-state index in [9.17, 15) is 28.8 Å². The second-order valence-electron chi connectivity index (χ2n) is 21.0. The van der Waals surface area contributed by atoms with Crippen molar-refractivity contribution < 1.29 is 71.4 Å². The van der Waals surface area contributed by atoms with Crippen molar-refractivity contribution in [1.82, 2.24) is 5.32 Å². The van der Waals surface area contributed by atoms with Crippen LogP contribution in [0.15, 0.2) is 133 Å². The first-order chi connectivity index (χ1) is 38.4. The fourth-order valence-corrected chi connectivity index (χ4v) is 12.0. The highest BCUT2D eigenvalue weighted by atomic mass is 32.2. The molecular formula is C62H75NO15S. The molecule has 8 rings (SSSR count). The lowest BCUT2D eigenvalue weighted by Gasteiger charge is -2.30. The average Bonchev–Trinajstić information content (AvgIpc) is 4.34. The van der Waals surface area contributed by atoms with Crippen LogP contribution >= 0.6 is 11.8 Å². The topological polar surface area (TPSA) is 198 Å². The van der Waals surface area contributed by atoms with Crippen LogP contribution < -0.4 is 14.8 Å². The molecule has 5 unspecified atom stereocenters. The molecule has 0 radical (unpaired) electrons. The molecule has 5 aliphatic carbocycles. The molecule has 3 fully saturated rings. The Hall–Kier alpha value is -6.59. The molecule has 424 valence electrons. The number of benzene rings is 1. The Morgan fingerprint density at radius 3 is 1.65 bits per heavy atom. The van der Waals surface area contributed by atoms with E-state index in [1.165, 1.54) is 0 Å². The van der Waals surface area contributed by atoms with Crippen molar-refractivity contribution in [3.8, 4) is 11.5 Å². The standard InChI is InChI=1S/C62H75NO15S/c1-4-54(64)72-36-12-8-6-10-34-70-46-24-28-48(29-25-46)74-59(66)41-16-20-43(21-17-41)61(68)77-50-32-33-51(57-56(50)63-58(79-57)53-39-45-15-14-40(3)38-52(45)76-53)78-62(69)44-22-18-42(19-23-44)60(67)75-49-30-26-47(27-31-49)71-35-11-7-9-13-37-73-55(65)5-2/h4-5,14-15,24-26,28-30,32-33,38-39,41-45,52,56-58,63H,1-2,6-13,16-23,27,31,34-37H2,3H3. The summed E-state index contributed by atoms with van der Waals surface area (Å²) in [6.07, 6.45) is 29.9. The number of rotatable bonds is 27. The van der Waals surface area contributed by atoms with Gasteiger partial charge in [-0.05, 0) is 170 Å². The zero-order chi connectivity index (χ0) is 55.5. The van der Waals surface area contributed by atoms with E-state index in [0.717, 1.165) is 80.6 Å². The summed E-state index contributed by atoms with van der Waals surface area (Å²) in [6.45, 7) is 10.7. The predicted octanol–water partition coefficient (Wildman–Crippen LogP) is 11.0. The highest BCUT2D eigenvalue weighted by Crippen LogP contribution is 2.45. The number of esters is 6. The number of hydrogen-bond donors (Lipinski definition) is 1. The summed E-state index contributed by atoms with van der Waals surface area (Å²) in [4.78, 5) is 76.6. The van der Waals surface area contributed by atoms with Crippen LogP contribution in [0.25, 0.3) is 0 Å². The van der Waals surface area contributed by atoms with Gasteiger partial charge in [-0.3, -0.25) is 24.5 Å². The molecule has 0 amide bonds. The zero-order valence-electron chi connectivity index (χ0n) is 45.3. The maximum Gasteiger partial charge on any atom is 0.330 e. The minimum absolute atomic E-state index is 0.0943. The minimum Gasteiger partial charge on any atom is -0.498 e. The van der Waals surface area contributed by atoms with Gasteiger partial charge in [0.2, 0.25) is 0 Å². The number of ether oxygens (including phenoxy) is 9. The third-order valence-electron chi connectivity index (χ3n) is 15.2.